The van der Waals surface area contributed by atoms with E-state index in [-0.39, 0.29) is 49.8 Å². The summed E-state index contributed by atoms with van der Waals surface area (Å²) in [7, 11) is 4.22. The number of nitrogens with zero attached hydrogens (tertiary/aromatic N) is 4. The van der Waals surface area contributed by atoms with Crippen molar-refractivity contribution in [1.29, 1.82) is 0 Å². The second kappa shape index (κ2) is 14.3. The molecule has 240 valence electrons. The maximum Gasteiger partial charge on any atom is 0.410 e. The normalized spacial score (nSPS) is 14.6. The minimum Gasteiger partial charge on any atom is -0.501 e. The van der Waals surface area contributed by atoms with Gasteiger partial charge in [-0.15, -0.1) is 0 Å². The summed E-state index contributed by atoms with van der Waals surface area (Å²) in [5.41, 5.74) is -1.54. The van der Waals surface area contributed by atoms with Crippen LogP contribution in [0.2, 0.25) is 0 Å². The number of benzene rings is 1. The zero-order valence-corrected chi connectivity index (χ0v) is 25.9. The number of ether oxygens (including phenoxy) is 2. The lowest BCUT2D eigenvalue weighted by Crippen LogP contribution is -2.39. The van der Waals surface area contributed by atoms with Gasteiger partial charge in [-0.05, 0) is 64.2 Å². The summed E-state index contributed by atoms with van der Waals surface area (Å²) in [4.78, 5) is 70.4. The van der Waals surface area contributed by atoms with Crippen molar-refractivity contribution in [1.82, 2.24) is 19.8 Å². The van der Waals surface area contributed by atoms with Crippen LogP contribution in [0.1, 0.15) is 87.2 Å². The van der Waals surface area contributed by atoms with Crippen LogP contribution in [0.5, 0.6) is 5.75 Å². The van der Waals surface area contributed by atoms with Gasteiger partial charge in [0.15, 0.2) is 5.69 Å². The Morgan fingerprint density at radius 1 is 1.16 bits per heavy atom. The minimum absolute atomic E-state index is 0.00365. The first kappa shape index (κ1) is 34.0. The fourth-order valence-electron chi connectivity index (χ4n) is 4.80. The Labute approximate surface area is 254 Å². The number of halogens is 1. The van der Waals surface area contributed by atoms with Gasteiger partial charge >= 0.3 is 12.1 Å². The molecule has 1 atom stereocenters. The molecule has 14 heteroatoms. The number of anilines is 1. The number of amides is 3. The number of esters is 1. The maximum atomic E-state index is 14.2. The minimum atomic E-state index is -0.881. The number of hydrogen-bond donors (Lipinski definition) is 2. The molecule has 0 saturated carbocycles. The van der Waals surface area contributed by atoms with E-state index in [4.69, 9.17) is 4.74 Å². The first-order valence-electron chi connectivity index (χ1n) is 14.3. The molecule has 1 aromatic carbocycles. The molecule has 44 heavy (non-hydrogen) atoms. The largest absolute Gasteiger partial charge is 0.501 e. The van der Waals surface area contributed by atoms with Gasteiger partial charge in [-0.1, -0.05) is 6.07 Å². The highest BCUT2D eigenvalue weighted by atomic mass is 19.1. The van der Waals surface area contributed by atoms with Crippen molar-refractivity contribution in [2.75, 3.05) is 26.1 Å². The van der Waals surface area contributed by atoms with Crippen LogP contribution in [-0.2, 0) is 32.2 Å². The Bertz CT molecular complexity index is 1470. The summed E-state index contributed by atoms with van der Waals surface area (Å²) in [5.74, 6) is -3.03. The number of aromatic hydroxyl groups is 1. The molecule has 13 nitrogen and oxygen atoms in total. The number of aromatic nitrogens is 2. The average Bonchev–Trinajstić information content (AvgIpc) is 3.18. The van der Waals surface area contributed by atoms with Crippen molar-refractivity contribution in [2.45, 2.75) is 84.0 Å². The van der Waals surface area contributed by atoms with Gasteiger partial charge < -0.3 is 29.7 Å². The van der Waals surface area contributed by atoms with E-state index >= 15 is 0 Å². The molecule has 1 unspecified atom stereocenters. The van der Waals surface area contributed by atoms with Gasteiger partial charge in [-0.3, -0.25) is 23.7 Å². The van der Waals surface area contributed by atoms with E-state index in [0.717, 1.165) is 6.07 Å². The van der Waals surface area contributed by atoms with E-state index in [1.54, 1.807) is 20.8 Å². The van der Waals surface area contributed by atoms with E-state index in [0.29, 0.717) is 24.8 Å². The van der Waals surface area contributed by atoms with Crippen LogP contribution < -0.4 is 15.8 Å². The quantitative estimate of drug-likeness (QED) is 0.402. The van der Waals surface area contributed by atoms with E-state index in [1.165, 1.54) is 47.7 Å². The molecule has 2 aromatic rings. The lowest BCUT2D eigenvalue weighted by Gasteiger charge is -2.30. The lowest BCUT2D eigenvalue weighted by atomic mass is 10.1. The van der Waals surface area contributed by atoms with Gasteiger partial charge in [0.25, 0.3) is 11.5 Å². The zero-order chi connectivity index (χ0) is 32.8. The predicted molar refractivity (Wildman–Crippen MR) is 158 cm³/mol. The molecule has 0 spiro atoms. The number of rotatable bonds is 9. The summed E-state index contributed by atoms with van der Waals surface area (Å²) in [6, 6.07) is 3.01. The highest BCUT2D eigenvalue weighted by molar-refractivity contribution is 5.95. The van der Waals surface area contributed by atoms with Gasteiger partial charge in [0.2, 0.25) is 11.7 Å². The van der Waals surface area contributed by atoms with E-state index in [2.05, 4.69) is 15.0 Å². The molecule has 0 aliphatic carbocycles. The van der Waals surface area contributed by atoms with Crippen LogP contribution >= 0.6 is 0 Å². The maximum absolute atomic E-state index is 14.2. The van der Waals surface area contributed by atoms with Gasteiger partial charge in [0, 0.05) is 40.0 Å². The predicted octanol–water partition coefficient (Wildman–Crippen LogP) is 3.42. The number of nitrogens with one attached hydrogen (secondary N) is 1. The Morgan fingerprint density at radius 2 is 1.86 bits per heavy atom. The Morgan fingerprint density at radius 3 is 2.52 bits per heavy atom. The molecule has 2 heterocycles. The molecule has 2 N–H and O–H groups in total. The third kappa shape index (κ3) is 8.32. The van der Waals surface area contributed by atoms with Crippen LogP contribution in [0, 0.1) is 5.82 Å². The van der Waals surface area contributed by atoms with Crippen molar-refractivity contribution in [3.63, 3.8) is 0 Å². The Balaban J connectivity index is 1.86. The summed E-state index contributed by atoms with van der Waals surface area (Å²) < 4.78 is 25.5. The standard InChI is InChI=1S/C30H40FN5O8/c1-30(2,3)44-29(42)35(5)20-10-7-8-15-36-26(20)33-24(25(39)28(36)41)27(40)32-17-18-13-14-19(31)16-21(18)34(4)22(37)11-9-12-23(38)43-6/h13-14,16,20,39H,7-12,15,17H2,1-6H3,(H,32,40). The average molecular weight is 618 g/mol. The third-order valence-corrected chi connectivity index (χ3v) is 7.17. The first-order chi connectivity index (χ1) is 20.6. The van der Waals surface area contributed by atoms with Gasteiger partial charge in [-0.2, -0.15) is 0 Å². The van der Waals surface area contributed by atoms with E-state index in [1.807, 2.05) is 0 Å². The molecule has 0 fully saturated rings. The molecule has 0 bridgehead atoms. The first-order valence-corrected chi connectivity index (χ1v) is 14.3. The smallest absolute Gasteiger partial charge is 0.410 e. The second-order valence-electron chi connectivity index (χ2n) is 11.6. The van der Waals surface area contributed by atoms with Crippen LogP contribution in [-0.4, -0.2) is 70.2 Å². The number of carbonyl (C=O) groups excluding carboxylic acids is 4. The van der Waals surface area contributed by atoms with Gasteiger partial charge in [0.1, 0.15) is 17.2 Å². The van der Waals surface area contributed by atoms with E-state index < -0.39 is 52.4 Å². The van der Waals surface area contributed by atoms with Crippen LogP contribution in [0.15, 0.2) is 23.0 Å². The van der Waals surface area contributed by atoms with Crippen LogP contribution in [0.25, 0.3) is 0 Å². The van der Waals surface area contributed by atoms with Crippen molar-refractivity contribution >= 4 is 29.6 Å². The van der Waals surface area contributed by atoms with Crippen LogP contribution in [0.3, 0.4) is 0 Å². The molecular weight excluding hydrogens is 577 g/mol. The zero-order valence-electron chi connectivity index (χ0n) is 25.9. The third-order valence-electron chi connectivity index (χ3n) is 7.17. The molecule has 1 aliphatic heterocycles. The molecule has 3 amide bonds. The lowest BCUT2D eigenvalue weighted by molar-refractivity contribution is -0.140. The number of hydrogen-bond acceptors (Lipinski definition) is 9. The highest BCUT2D eigenvalue weighted by Crippen LogP contribution is 2.30. The fraction of sp³-hybridized carbons (Fsp3) is 0.533. The Hall–Kier alpha value is -4.49. The summed E-state index contributed by atoms with van der Waals surface area (Å²) in [6.45, 7) is 5.24. The number of fused-ring (bicyclic) bond motifs is 1. The Kier molecular flexibility index (Phi) is 11.1. The molecule has 0 radical (unpaired) electrons. The summed E-state index contributed by atoms with van der Waals surface area (Å²) in [5, 5.41) is 13.3. The summed E-state index contributed by atoms with van der Waals surface area (Å²) >= 11 is 0. The van der Waals surface area contributed by atoms with Crippen molar-refractivity contribution in [3.8, 4) is 5.75 Å². The van der Waals surface area contributed by atoms with E-state index in [9.17, 15) is 33.5 Å². The monoisotopic (exact) mass is 617 g/mol. The topological polar surface area (TPSA) is 160 Å². The van der Waals surface area contributed by atoms with Crippen LogP contribution in [0.4, 0.5) is 14.9 Å². The summed E-state index contributed by atoms with van der Waals surface area (Å²) in [6.07, 6.45) is 1.37. The highest BCUT2D eigenvalue weighted by Gasteiger charge is 2.33. The number of methoxy groups -OCH3 is 1. The van der Waals surface area contributed by atoms with Crippen molar-refractivity contribution in [3.05, 3.63) is 51.5 Å². The molecule has 1 aromatic heterocycles. The van der Waals surface area contributed by atoms with Gasteiger partial charge in [-0.25, -0.2) is 14.2 Å². The van der Waals surface area contributed by atoms with Crippen molar-refractivity contribution < 1.29 is 38.1 Å². The SMILES string of the molecule is COC(=O)CCCC(=O)N(C)c1cc(F)ccc1CNC(=O)c1nc2n(c(=O)c1O)CCCCC2N(C)C(=O)OC(C)(C)C. The van der Waals surface area contributed by atoms with Gasteiger partial charge in [0.05, 0.1) is 18.8 Å². The molecular formula is C30H40FN5O8. The molecule has 1 aliphatic rings. The molecule has 3 rings (SSSR count). The fourth-order valence-corrected chi connectivity index (χ4v) is 4.80. The second-order valence-corrected chi connectivity index (χ2v) is 11.6. The number of carbonyl (C=O) groups is 4. The van der Waals surface area contributed by atoms with Crippen molar-refractivity contribution in [2.24, 2.45) is 0 Å². The molecule has 0 saturated heterocycles.